The van der Waals surface area contributed by atoms with Crippen LogP contribution >= 0.6 is 11.3 Å². The van der Waals surface area contributed by atoms with Gasteiger partial charge >= 0.3 is 0 Å². The number of nitrogens with zero attached hydrogens (tertiary/aromatic N) is 4. The Morgan fingerprint density at radius 1 is 1.31 bits per heavy atom. The van der Waals surface area contributed by atoms with Gasteiger partial charge in [-0.15, -0.1) is 0 Å². The van der Waals surface area contributed by atoms with Crippen LogP contribution in [-0.4, -0.2) is 58.3 Å². The van der Waals surface area contributed by atoms with E-state index in [2.05, 4.69) is 16.5 Å². The lowest BCUT2D eigenvalue weighted by Crippen LogP contribution is -2.35. The molecule has 0 N–H and O–H groups in total. The number of carbonyl (C=O) groups is 1. The molecular weight excluding hydrogens is 348 g/mol. The lowest BCUT2D eigenvalue weighted by atomic mass is 10.1. The number of hydrogen-bond acceptors (Lipinski definition) is 5. The van der Waals surface area contributed by atoms with Crippen molar-refractivity contribution in [1.82, 2.24) is 19.6 Å². The number of carbonyl (C=O) groups excluding carboxylic acids is 1. The number of thiophene rings is 1. The Labute approximate surface area is 158 Å². The fourth-order valence-electron chi connectivity index (χ4n) is 3.88. The first-order valence-electron chi connectivity index (χ1n) is 9.45. The molecule has 4 rings (SSSR count). The van der Waals surface area contributed by atoms with Crippen LogP contribution in [0.5, 0.6) is 0 Å². The summed E-state index contributed by atoms with van der Waals surface area (Å²) in [5, 5.41) is 8.75. The van der Waals surface area contributed by atoms with Gasteiger partial charge in [-0.2, -0.15) is 16.4 Å². The third kappa shape index (κ3) is 3.56. The first kappa shape index (κ1) is 17.7. The lowest BCUT2D eigenvalue weighted by Gasteiger charge is -2.22. The molecule has 26 heavy (non-hydrogen) atoms. The third-order valence-corrected chi connectivity index (χ3v) is 5.98. The van der Waals surface area contributed by atoms with E-state index in [-0.39, 0.29) is 5.91 Å². The Bertz CT molecular complexity index is 756. The molecule has 6 nitrogen and oxygen atoms in total. The van der Waals surface area contributed by atoms with Crippen molar-refractivity contribution in [2.45, 2.75) is 39.5 Å². The molecule has 0 atom stereocenters. The maximum Gasteiger partial charge on any atom is 0.254 e. The molecule has 2 aromatic rings. The van der Waals surface area contributed by atoms with E-state index < -0.39 is 0 Å². The second-order valence-electron chi connectivity index (χ2n) is 6.92. The average Bonchev–Trinajstić information content (AvgIpc) is 3.26. The zero-order valence-electron chi connectivity index (χ0n) is 15.3. The molecule has 4 heterocycles. The topological polar surface area (TPSA) is 50.6 Å². The van der Waals surface area contributed by atoms with E-state index in [0.717, 1.165) is 70.0 Å². The summed E-state index contributed by atoms with van der Waals surface area (Å²) in [5.74, 6) is 0.161. The highest BCUT2D eigenvalue weighted by Gasteiger charge is 2.24. The van der Waals surface area contributed by atoms with E-state index in [1.165, 1.54) is 11.3 Å². The van der Waals surface area contributed by atoms with Crippen LogP contribution in [0.15, 0.2) is 16.8 Å². The smallest absolute Gasteiger partial charge is 0.254 e. The molecular formula is C19H26N4O2S. The molecule has 1 saturated heterocycles. The molecule has 1 amide bonds. The third-order valence-electron chi connectivity index (χ3n) is 5.30. The second-order valence-corrected chi connectivity index (χ2v) is 7.70. The fourth-order valence-corrected chi connectivity index (χ4v) is 4.51. The molecule has 140 valence electrons. The van der Waals surface area contributed by atoms with Gasteiger partial charge in [0.15, 0.2) is 0 Å². The largest absolute Gasteiger partial charge is 0.376 e. The Morgan fingerprint density at radius 2 is 2.23 bits per heavy atom. The zero-order chi connectivity index (χ0) is 17.9. The Morgan fingerprint density at radius 3 is 3.04 bits per heavy atom. The summed E-state index contributed by atoms with van der Waals surface area (Å²) >= 11 is 1.58. The van der Waals surface area contributed by atoms with Crippen molar-refractivity contribution in [2.75, 3.05) is 32.8 Å². The van der Waals surface area contributed by atoms with E-state index in [0.29, 0.717) is 6.61 Å². The molecule has 7 heteroatoms. The number of hydrogen-bond donors (Lipinski definition) is 0. The van der Waals surface area contributed by atoms with Crippen LogP contribution in [0.1, 0.15) is 40.7 Å². The predicted molar refractivity (Wildman–Crippen MR) is 101 cm³/mol. The molecule has 0 bridgehead atoms. The number of amides is 1. The minimum atomic E-state index is 0.161. The molecule has 0 radical (unpaired) electrons. The molecule has 0 saturated carbocycles. The molecule has 0 aromatic carbocycles. The lowest BCUT2D eigenvalue weighted by molar-refractivity contribution is 0.0761. The van der Waals surface area contributed by atoms with Gasteiger partial charge in [0.25, 0.3) is 5.91 Å². The number of aryl methyl sites for hydroxylation is 1. The van der Waals surface area contributed by atoms with Gasteiger partial charge in [-0.05, 0) is 24.8 Å². The van der Waals surface area contributed by atoms with Crippen molar-refractivity contribution in [3.63, 3.8) is 0 Å². The van der Waals surface area contributed by atoms with Crippen LogP contribution < -0.4 is 0 Å². The van der Waals surface area contributed by atoms with Crippen molar-refractivity contribution in [2.24, 2.45) is 0 Å². The normalized spacial score (nSPS) is 18.6. The summed E-state index contributed by atoms with van der Waals surface area (Å²) in [6.45, 7) is 8.88. The Balaban J connectivity index is 1.42. The number of aromatic nitrogens is 2. The quantitative estimate of drug-likeness (QED) is 0.825. The van der Waals surface area contributed by atoms with Crippen LogP contribution in [0, 0.1) is 0 Å². The predicted octanol–water partition coefficient (Wildman–Crippen LogP) is 2.39. The van der Waals surface area contributed by atoms with Crippen molar-refractivity contribution < 1.29 is 9.53 Å². The minimum absolute atomic E-state index is 0.161. The highest BCUT2D eigenvalue weighted by molar-refractivity contribution is 7.08. The summed E-state index contributed by atoms with van der Waals surface area (Å²) in [4.78, 5) is 17.0. The van der Waals surface area contributed by atoms with Crippen LogP contribution in [0.4, 0.5) is 0 Å². The van der Waals surface area contributed by atoms with Gasteiger partial charge in [-0.1, -0.05) is 0 Å². The SMILES string of the molecule is CCn1nc(CN2CCCN(C(=O)c3ccsc3)CC2)c2c1CCOC2. The van der Waals surface area contributed by atoms with Crippen molar-refractivity contribution >= 4 is 17.2 Å². The standard InChI is InChI=1S/C19H26N4O2S/c1-2-23-18-4-10-25-13-16(18)17(20-23)12-21-6-3-7-22(9-8-21)19(24)15-5-11-26-14-15/h5,11,14H,2-4,6-10,12-13H2,1H3. The van der Waals surface area contributed by atoms with Crippen molar-refractivity contribution in [3.05, 3.63) is 39.3 Å². The van der Waals surface area contributed by atoms with E-state index in [9.17, 15) is 4.79 Å². The van der Waals surface area contributed by atoms with Crippen molar-refractivity contribution in [3.8, 4) is 0 Å². The first-order chi connectivity index (χ1) is 12.8. The molecule has 1 fully saturated rings. The first-order valence-corrected chi connectivity index (χ1v) is 10.4. The fraction of sp³-hybridized carbons (Fsp3) is 0.579. The van der Waals surface area contributed by atoms with Gasteiger partial charge in [0.05, 0.1) is 24.5 Å². The van der Waals surface area contributed by atoms with Gasteiger partial charge in [0.2, 0.25) is 0 Å². The monoisotopic (exact) mass is 374 g/mol. The van der Waals surface area contributed by atoms with E-state index >= 15 is 0 Å². The maximum absolute atomic E-state index is 12.6. The van der Waals surface area contributed by atoms with Gasteiger partial charge in [-0.25, -0.2) is 0 Å². The highest BCUT2D eigenvalue weighted by atomic mass is 32.1. The van der Waals surface area contributed by atoms with Crippen LogP contribution in [0.25, 0.3) is 0 Å². The zero-order valence-corrected chi connectivity index (χ0v) is 16.1. The van der Waals surface area contributed by atoms with Crippen LogP contribution in [0.2, 0.25) is 0 Å². The van der Waals surface area contributed by atoms with E-state index in [1.807, 2.05) is 21.7 Å². The molecule has 2 aliphatic rings. The van der Waals surface area contributed by atoms with E-state index in [4.69, 9.17) is 9.84 Å². The minimum Gasteiger partial charge on any atom is -0.376 e. The maximum atomic E-state index is 12.6. The number of ether oxygens (including phenoxy) is 1. The van der Waals surface area contributed by atoms with Gasteiger partial charge in [0, 0.05) is 62.3 Å². The van der Waals surface area contributed by atoms with Crippen LogP contribution in [0.3, 0.4) is 0 Å². The molecule has 2 aromatic heterocycles. The van der Waals surface area contributed by atoms with Crippen molar-refractivity contribution in [1.29, 1.82) is 0 Å². The highest BCUT2D eigenvalue weighted by Crippen LogP contribution is 2.23. The summed E-state index contributed by atoms with van der Waals surface area (Å²) in [6, 6.07) is 1.92. The Kier molecular flexibility index (Phi) is 5.38. The molecule has 0 spiro atoms. The van der Waals surface area contributed by atoms with Crippen LogP contribution in [-0.2, 0) is 30.9 Å². The second kappa shape index (κ2) is 7.90. The van der Waals surface area contributed by atoms with E-state index in [1.54, 1.807) is 11.3 Å². The average molecular weight is 375 g/mol. The van der Waals surface area contributed by atoms with Gasteiger partial charge in [0.1, 0.15) is 0 Å². The summed E-state index contributed by atoms with van der Waals surface area (Å²) in [5.41, 5.74) is 4.60. The summed E-state index contributed by atoms with van der Waals surface area (Å²) in [6.07, 6.45) is 1.96. The summed E-state index contributed by atoms with van der Waals surface area (Å²) in [7, 11) is 0. The Hall–Kier alpha value is -1.70. The molecule has 0 unspecified atom stereocenters. The van der Waals surface area contributed by atoms with Gasteiger partial charge < -0.3 is 9.64 Å². The number of fused-ring (bicyclic) bond motifs is 1. The molecule has 2 aliphatic heterocycles. The summed E-state index contributed by atoms with van der Waals surface area (Å²) < 4.78 is 7.81. The van der Waals surface area contributed by atoms with Gasteiger partial charge in [-0.3, -0.25) is 14.4 Å². The number of rotatable bonds is 4. The molecule has 0 aliphatic carbocycles.